The average Bonchev–Trinajstić information content (AvgIpc) is 2.75. The van der Waals surface area contributed by atoms with Gasteiger partial charge in [0.25, 0.3) is 0 Å². The van der Waals surface area contributed by atoms with E-state index in [1.54, 1.807) is 4.90 Å². The van der Waals surface area contributed by atoms with Crippen molar-refractivity contribution in [2.45, 2.75) is 38.7 Å². The lowest BCUT2D eigenvalue weighted by molar-refractivity contribution is 0.0292. The molecule has 1 aliphatic heterocycles. The number of rotatable bonds is 1. The molecule has 20 heavy (non-hydrogen) atoms. The largest absolute Gasteiger partial charge is 0.444 e. The fourth-order valence-corrected chi connectivity index (χ4v) is 2.80. The Labute approximate surface area is 128 Å². The number of halogens is 1. The van der Waals surface area contributed by atoms with Crippen LogP contribution in [0, 0.1) is 0 Å². The van der Waals surface area contributed by atoms with Gasteiger partial charge in [0.15, 0.2) is 0 Å². The van der Waals surface area contributed by atoms with Gasteiger partial charge in [-0.3, -0.25) is 0 Å². The van der Waals surface area contributed by atoms with Crippen LogP contribution in [0.15, 0.2) is 22.7 Å². The Morgan fingerprint density at radius 3 is 2.75 bits per heavy atom. The molecule has 0 aliphatic carbocycles. The highest BCUT2D eigenvalue weighted by molar-refractivity contribution is 9.10. The number of nitrogen functional groups attached to an aromatic ring is 1. The number of likely N-dealkylation sites (tertiary alicyclic amines) is 1. The van der Waals surface area contributed by atoms with Gasteiger partial charge in [-0.1, -0.05) is 22.0 Å². The molecule has 1 aliphatic rings. The zero-order valence-electron chi connectivity index (χ0n) is 12.1. The van der Waals surface area contributed by atoms with Crippen LogP contribution >= 0.6 is 15.9 Å². The van der Waals surface area contributed by atoms with Gasteiger partial charge in [-0.2, -0.15) is 0 Å². The molecule has 1 aromatic rings. The Bertz CT molecular complexity index is 511. The molecule has 110 valence electrons. The standard InChI is InChI=1S/C15H21BrN2O2/c1-15(2,3)20-14(19)18-7-6-10(9-18)12-5-4-11(16)8-13(12)17/h4-5,8,10H,6-7,9,17H2,1-3H3. The van der Waals surface area contributed by atoms with Gasteiger partial charge in [0.2, 0.25) is 0 Å². The quantitative estimate of drug-likeness (QED) is 0.792. The first-order valence-corrected chi connectivity index (χ1v) is 7.58. The van der Waals surface area contributed by atoms with Crippen LogP contribution in [0.4, 0.5) is 10.5 Å². The fraction of sp³-hybridized carbons (Fsp3) is 0.533. The summed E-state index contributed by atoms with van der Waals surface area (Å²) in [5.74, 6) is 0.288. The Morgan fingerprint density at radius 1 is 1.45 bits per heavy atom. The number of hydrogen-bond acceptors (Lipinski definition) is 3. The minimum absolute atomic E-state index is 0.240. The number of carbonyl (C=O) groups excluding carboxylic acids is 1. The summed E-state index contributed by atoms with van der Waals surface area (Å²) in [7, 11) is 0. The van der Waals surface area contributed by atoms with Gasteiger partial charge >= 0.3 is 6.09 Å². The van der Waals surface area contributed by atoms with Crippen molar-refractivity contribution in [1.82, 2.24) is 4.90 Å². The fourth-order valence-electron chi connectivity index (χ4n) is 2.42. The third-order valence-corrected chi connectivity index (χ3v) is 3.82. The van der Waals surface area contributed by atoms with Crippen LogP contribution in [0.2, 0.25) is 0 Å². The maximum atomic E-state index is 12.0. The zero-order chi connectivity index (χ0) is 14.9. The zero-order valence-corrected chi connectivity index (χ0v) is 13.7. The number of nitrogens with zero attached hydrogens (tertiary/aromatic N) is 1. The van der Waals surface area contributed by atoms with Crippen molar-refractivity contribution >= 4 is 27.7 Å². The molecular formula is C15H21BrN2O2. The number of benzene rings is 1. The molecule has 0 radical (unpaired) electrons. The van der Waals surface area contributed by atoms with Gasteiger partial charge in [0.1, 0.15) is 5.60 Å². The number of amides is 1. The highest BCUT2D eigenvalue weighted by Gasteiger charge is 2.31. The molecule has 2 N–H and O–H groups in total. The molecule has 2 rings (SSSR count). The monoisotopic (exact) mass is 340 g/mol. The van der Waals surface area contributed by atoms with Crippen LogP contribution < -0.4 is 5.73 Å². The minimum Gasteiger partial charge on any atom is -0.444 e. The van der Waals surface area contributed by atoms with Gasteiger partial charge in [0, 0.05) is 29.2 Å². The van der Waals surface area contributed by atoms with Gasteiger partial charge < -0.3 is 15.4 Å². The predicted molar refractivity (Wildman–Crippen MR) is 83.7 cm³/mol. The van der Waals surface area contributed by atoms with Gasteiger partial charge in [-0.15, -0.1) is 0 Å². The van der Waals surface area contributed by atoms with Crippen molar-refractivity contribution in [2.75, 3.05) is 18.8 Å². The van der Waals surface area contributed by atoms with Crippen molar-refractivity contribution in [3.63, 3.8) is 0 Å². The Morgan fingerprint density at radius 2 is 2.15 bits per heavy atom. The Kier molecular flexibility index (Phi) is 4.28. The minimum atomic E-state index is -0.453. The second kappa shape index (κ2) is 5.64. The van der Waals surface area contributed by atoms with E-state index in [-0.39, 0.29) is 12.0 Å². The van der Waals surface area contributed by atoms with Crippen LogP contribution in [-0.2, 0) is 4.74 Å². The van der Waals surface area contributed by atoms with E-state index in [0.717, 1.165) is 28.7 Å². The number of ether oxygens (including phenoxy) is 1. The van der Waals surface area contributed by atoms with Gasteiger partial charge in [0.05, 0.1) is 0 Å². The molecule has 1 unspecified atom stereocenters. The lowest BCUT2D eigenvalue weighted by atomic mass is 9.97. The molecule has 1 fully saturated rings. The smallest absolute Gasteiger partial charge is 0.410 e. The van der Waals surface area contributed by atoms with Gasteiger partial charge in [-0.05, 0) is 44.9 Å². The van der Waals surface area contributed by atoms with E-state index in [1.807, 2.05) is 39.0 Å². The highest BCUT2D eigenvalue weighted by Crippen LogP contribution is 2.33. The maximum absolute atomic E-state index is 12.0. The second-order valence-corrected chi connectivity index (χ2v) is 7.10. The average molecular weight is 341 g/mol. The van der Waals surface area contributed by atoms with Crippen molar-refractivity contribution in [1.29, 1.82) is 0 Å². The lowest BCUT2D eigenvalue weighted by Gasteiger charge is -2.24. The van der Waals surface area contributed by atoms with Crippen molar-refractivity contribution in [2.24, 2.45) is 0 Å². The second-order valence-electron chi connectivity index (χ2n) is 6.19. The SMILES string of the molecule is CC(C)(C)OC(=O)N1CCC(c2ccc(Br)cc2N)C1. The lowest BCUT2D eigenvalue weighted by Crippen LogP contribution is -2.35. The number of anilines is 1. The van der Waals surface area contributed by atoms with Crippen LogP contribution in [0.25, 0.3) is 0 Å². The highest BCUT2D eigenvalue weighted by atomic mass is 79.9. The topological polar surface area (TPSA) is 55.6 Å². The summed E-state index contributed by atoms with van der Waals surface area (Å²) in [6.45, 7) is 7.03. The van der Waals surface area contributed by atoms with E-state index in [0.29, 0.717) is 6.54 Å². The van der Waals surface area contributed by atoms with Crippen LogP contribution in [-0.4, -0.2) is 29.7 Å². The number of carbonyl (C=O) groups is 1. The summed E-state index contributed by atoms with van der Waals surface area (Å²) in [5, 5.41) is 0. The molecule has 1 aromatic carbocycles. The van der Waals surface area contributed by atoms with Crippen molar-refractivity contribution < 1.29 is 9.53 Å². The van der Waals surface area contributed by atoms with E-state index in [1.165, 1.54) is 0 Å². The predicted octanol–water partition coefficient (Wildman–Crippen LogP) is 3.76. The summed E-state index contributed by atoms with van der Waals surface area (Å²) in [6.07, 6.45) is 0.682. The number of hydrogen-bond donors (Lipinski definition) is 1. The van der Waals surface area contributed by atoms with Crippen molar-refractivity contribution in [3.8, 4) is 0 Å². The summed E-state index contributed by atoms with van der Waals surface area (Å²) >= 11 is 3.41. The molecule has 0 saturated carbocycles. The Balaban J connectivity index is 2.03. The van der Waals surface area contributed by atoms with E-state index >= 15 is 0 Å². The number of nitrogens with two attached hydrogens (primary N) is 1. The summed E-state index contributed by atoms with van der Waals surface area (Å²) in [6, 6.07) is 5.93. The van der Waals surface area contributed by atoms with Gasteiger partial charge in [-0.25, -0.2) is 4.79 Å². The molecule has 4 nitrogen and oxygen atoms in total. The van der Waals surface area contributed by atoms with Crippen LogP contribution in [0.1, 0.15) is 38.7 Å². The normalized spacial score (nSPS) is 19.2. The molecular weight excluding hydrogens is 320 g/mol. The first-order chi connectivity index (χ1) is 9.26. The van der Waals surface area contributed by atoms with E-state index in [9.17, 15) is 4.79 Å². The van der Waals surface area contributed by atoms with Crippen molar-refractivity contribution in [3.05, 3.63) is 28.2 Å². The molecule has 1 heterocycles. The Hall–Kier alpha value is -1.23. The molecule has 0 spiro atoms. The molecule has 1 atom stereocenters. The first-order valence-electron chi connectivity index (χ1n) is 6.79. The summed E-state index contributed by atoms with van der Waals surface area (Å²) in [5.41, 5.74) is 7.49. The van der Waals surface area contributed by atoms with E-state index in [2.05, 4.69) is 15.9 Å². The molecule has 0 aromatic heterocycles. The first kappa shape index (κ1) is 15.2. The third kappa shape index (κ3) is 3.66. The molecule has 5 heteroatoms. The van der Waals surface area contributed by atoms with Crippen LogP contribution in [0.3, 0.4) is 0 Å². The maximum Gasteiger partial charge on any atom is 0.410 e. The van der Waals surface area contributed by atoms with E-state index in [4.69, 9.17) is 10.5 Å². The summed E-state index contributed by atoms with van der Waals surface area (Å²) < 4.78 is 6.38. The molecule has 1 amide bonds. The third-order valence-electron chi connectivity index (χ3n) is 3.33. The van der Waals surface area contributed by atoms with E-state index < -0.39 is 5.60 Å². The summed E-state index contributed by atoms with van der Waals surface area (Å²) in [4.78, 5) is 13.8. The van der Waals surface area contributed by atoms with Crippen LogP contribution in [0.5, 0.6) is 0 Å². The molecule has 0 bridgehead atoms. The molecule has 1 saturated heterocycles.